The van der Waals surface area contributed by atoms with Gasteiger partial charge in [0, 0.05) is 37.7 Å². The topological polar surface area (TPSA) is 79.0 Å². The average molecular weight is 484 g/mol. The number of nitrogens with one attached hydrogen (secondary N) is 1. The lowest BCUT2D eigenvalue weighted by molar-refractivity contribution is 0.200. The number of urea groups is 1. The molecule has 0 aromatic heterocycles. The van der Waals surface area contributed by atoms with Gasteiger partial charge in [-0.1, -0.05) is 11.6 Å². The van der Waals surface area contributed by atoms with Gasteiger partial charge in [0.15, 0.2) is 0 Å². The number of amides is 2. The van der Waals surface area contributed by atoms with Gasteiger partial charge in [-0.15, -0.1) is 0 Å². The summed E-state index contributed by atoms with van der Waals surface area (Å²) in [6, 6.07) is 11.7. The van der Waals surface area contributed by atoms with E-state index >= 15 is 0 Å². The molecule has 1 N–H and O–H groups in total. The number of hydrogen-bond acceptors (Lipinski definition) is 4. The predicted molar refractivity (Wildman–Crippen MR) is 121 cm³/mol. The summed E-state index contributed by atoms with van der Waals surface area (Å²) >= 11 is 5.84. The summed E-state index contributed by atoms with van der Waals surface area (Å²) in [7, 11) is -3.72. The van der Waals surface area contributed by atoms with Crippen LogP contribution >= 0.6 is 11.6 Å². The first-order chi connectivity index (χ1) is 15.4. The van der Waals surface area contributed by atoms with Crippen molar-refractivity contribution in [3.8, 4) is 5.75 Å². The van der Waals surface area contributed by atoms with Gasteiger partial charge in [0.05, 0.1) is 11.5 Å². The highest BCUT2D eigenvalue weighted by atomic mass is 35.5. The third-order valence-electron chi connectivity index (χ3n) is 5.12. The average Bonchev–Trinajstić information content (AvgIpc) is 3.04. The van der Waals surface area contributed by atoms with E-state index in [1.165, 1.54) is 16.4 Å². The summed E-state index contributed by atoms with van der Waals surface area (Å²) in [5.41, 5.74) is 0. The highest BCUT2D eigenvalue weighted by molar-refractivity contribution is 7.89. The van der Waals surface area contributed by atoms with Gasteiger partial charge < -0.3 is 15.0 Å². The highest BCUT2D eigenvalue weighted by Crippen LogP contribution is 2.18. The van der Waals surface area contributed by atoms with E-state index in [4.69, 9.17) is 16.3 Å². The van der Waals surface area contributed by atoms with Crippen molar-refractivity contribution in [3.63, 3.8) is 0 Å². The van der Waals surface area contributed by atoms with Gasteiger partial charge in [-0.25, -0.2) is 17.6 Å². The number of halogens is 2. The van der Waals surface area contributed by atoms with E-state index in [1.54, 1.807) is 17.0 Å². The molecule has 1 saturated heterocycles. The fraction of sp³-hybridized carbons (Fsp3) is 0.409. The second-order valence-electron chi connectivity index (χ2n) is 7.44. The molecular weight excluding hydrogens is 457 g/mol. The fourth-order valence-electron chi connectivity index (χ4n) is 3.35. The largest absolute Gasteiger partial charge is 0.494 e. The number of rotatable bonds is 8. The number of benzene rings is 2. The van der Waals surface area contributed by atoms with Crippen molar-refractivity contribution in [2.24, 2.45) is 0 Å². The van der Waals surface area contributed by atoms with Crippen LogP contribution < -0.4 is 10.1 Å². The summed E-state index contributed by atoms with van der Waals surface area (Å²) in [6.07, 6.45) is 2.08. The number of hydrogen-bond donors (Lipinski definition) is 1. The van der Waals surface area contributed by atoms with Crippen molar-refractivity contribution in [3.05, 3.63) is 59.4 Å². The van der Waals surface area contributed by atoms with Gasteiger partial charge in [0.1, 0.15) is 11.6 Å². The second kappa shape index (κ2) is 11.5. The Kier molecular flexibility index (Phi) is 8.72. The van der Waals surface area contributed by atoms with Crippen LogP contribution in [0.1, 0.15) is 19.3 Å². The molecule has 7 nitrogen and oxygen atoms in total. The maximum atomic E-state index is 13.1. The van der Waals surface area contributed by atoms with Crippen molar-refractivity contribution in [1.29, 1.82) is 0 Å². The number of carbonyl (C=O) groups excluding carboxylic acids is 1. The molecule has 174 valence electrons. The lowest BCUT2D eigenvalue weighted by atomic mass is 10.3. The zero-order chi connectivity index (χ0) is 23.0. The number of ether oxygens (including phenoxy) is 1. The lowest BCUT2D eigenvalue weighted by Gasteiger charge is -2.22. The van der Waals surface area contributed by atoms with Crippen LogP contribution in [0.15, 0.2) is 53.4 Å². The Morgan fingerprint density at radius 3 is 2.44 bits per heavy atom. The zero-order valence-electron chi connectivity index (χ0n) is 17.7. The van der Waals surface area contributed by atoms with E-state index in [0.717, 1.165) is 30.7 Å². The van der Waals surface area contributed by atoms with E-state index in [2.05, 4.69) is 5.32 Å². The molecule has 1 aliphatic rings. The van der Waals surface area contributed by atoms with Gasteiger partial charge in [0.25, 0.3) is 0 Å². The van der Waals surface area contributed by atoms with E-state index in [1.807, 2.05) is 12.1 Å². The summed E-state index contributed by atoms with van der Waals surface area (Å²) in [5, 5.41) is 3.54. The molecular formula is C22H27ClFN3O4S. The van der Waals surface area contributed by atoms with Crippen molar-refractivity contribution in [2.45, 2.75) is 24.2 Å². The normalized spacial score (nSPS) is 15.2. The standard InChI is InChI=1S/C22H27ClFN3O4S/c23-18-4-8-20(9-5-18)31-17-2-1-12-25-22(28)26-13-3-14-27(16-15-26)32(29,30)21-10-6-19(24)7-11-21/h4-11H,1-3,12-17H2,(H,25,28). The summed E-state index contributed by atoms with van der Waals surface area (Å²) in [6.45, 7) is 2.33. The van der Waals surface area contributed by atoms with Crippen LogP contribution in [0.5, 0.6) is 5.75 Å². The molecule has 3 rings (SSSR count). The molecule has 1 heterocycles. The van der Waals surface area contributed by atoms with Crippen LogP contribution in [0, 0.1) is 5.82 Å². The summed E-state index contributed by atoms with van der Waals surface area (Å²) < 4.78 is 45.7. The smallest absolute Gasteiger partial charge is 0.317 e. The zero-order valence-corrected chi connectivity index (χ0v) is 19.2. The quantitative estimate of drug-likeness (QED) is 0.580. The van der Waals surface area contributed by atoms with Gasteiger partial charge in [-0.3, -0.25) is 0 Å². The maximum absolute atomic E-state index is 13.1. The molecule has 1 aliphatic heterocycles. The van der Waals surface area contributed by atoms with Crippen molar-refractivity contribution in [2.75, 3.05) is 39.3 Å². The number of unbranched alkanes of at least 4 members (excludes halogenated alkanes) is 1. The van der Waals surface area contributed by atoms with Crippen LogP contribution in [-0.4, -0.2) is 63.0 Å². The molecule has 0 saturated carbocycles. The molecule has 0 unspecified atom stereocenters. The van der Waals surface area contributed by atoms with Gasteiger partial charge in [-0.2, -0.15) is 4.31 Å². The van der Waals surface area contributed by atoms with Gasteiger partial charge in [0.2, 0.25) is 10.0 Å². The first-order valence-electron chi connectivity index (χ1n) is 10.5. The first-order valence-corrected chi connectivity index (χ1v) is 12.3. The third kappa shape index (κ3) is 6.82. The van der Waals surface area contributed by atoms with Gasteiger partial charge in [-0.05, 0) is 67.8 Å². The van der Waals surface area contributed by atoms with E-state index < -0.39 is 15.8 Å². The van der Waals surface area contributed by atoms with Crippen LogP contribution in [0.4, 0.5) is 9.18 Å². The Morgan fingerprint density at radius 2 is 1.72 bits per heavy atom. The van der Waals surface area contributed by atoms with Crippen LogP contribution in [0.2, 0.25) is 5.02 Å². The SMILES string of the molecule is O=C(NCCCCOc1ccc(Cl)cc1)N1CCCN(S(=O)(=O)c2ccc(F)cc2)CC1. The molecule has 1 fully saturated rings. The number of carbonyl (C=O) groups is 1. The number of nitrogens with zero attached hydrogens (tertiary/aromatic N) is 2. The molecule has 10 heteroatoms. The van der Waals surface area contributed by atoms with Crippen molar-refractivity contribution >= 4 is 27.7 Å². The Morgan fingerprint density at radius 1 is 1.00 bits per heavy atom. The Hall–Kier alpha value is -2.36. The first kappa shape index (κ1) is 24.3. The summed E-state index contributed by atoms with van der Waals surface area (Å²) in [4.78, 5) is 14.1. The summed E-state index contributed by atoms with van der Waals surface area (Å²) in [5.74, 6) is 0.266. The van der Waals surface area contributed by atoms with Crippen LogP contribution in [-0.2, 0) is 10.0 Å². The van der Waals surface area contributed by atoms with E-state index in [9.17, 15) is 17.6 Å². The Balaban J connectivity index is 1.38. The molecule has 0 radical (unpaired) electrons. The monoisotopic (exact) mass is 483 g/mol. The molecule has 0 atom stereocenters. The minimum Gasteiger partial charge on any atom is -0.494 e. The molecule has 2 amide bonds. The number of sulfonamides is 1. The minimum absolute atomic E-state index is 0.0534. The lowest BCUT2D eigenvalue weighted by Crippen LogP contribution is -2.42. The van der Waals surface area contributed by atoms with E-state index in [-0.39, 0.29) is 17.5 Å². The molecule has 32 heavy (non-hydrogen) atoms. The molecule has 2 aromatic carbocycles. The molecule has 0 spiro atoms. The van der Waals surface area contributed by atoms with Gasteiger partial charge >= 0.3 is 6.03 Å². The van der Waals surface area contributed by atoms with Crippen LogP contribution in [0.25, 0.3) is 0 Å². The fourth-order valence-corrected chi connectivity index (χ4v) is 4.94. The third-order valence-corrected chi connectivity index (χ3v) is 7.29. The molecule has 0 aliphatic carbocycles. The second-order valence-corrected chi connectivity index (χ2v) is 9.81. The minimum atomic E-state index is -3.72. The van der Waals surface area contributed by atoms with Crippen molar-refractivity contribution < 1.29 is 22.3 Å². The predicted octanol–water partition coefficient (Wildman–Crippen LogP) is 3.74. The Bertz CT molecular complexity index is 987. The van der Waals surface area contributed by atoms with E-state index in [0.29, 0.717) is 44.2 Å². The Labute approximate surface area is 193 Å². The maximum Gasteiger partial charge on any atom is 0.317 e. The van der Waals surface area contributed by atoms with Crippen molar-refractivity contribution in [1.82, 2.24) is 14.5 Å². The van der Waals surface area contributed by atoms with Crippen LogP contribution in [0.3, 0.4) is 0 Å². The molecule has 2 aromatic rings. The molecule has 0 bridgehead atoms. The highest BCUT2D eigenvalue weighted by Gasteiger charge is 2.28.